The summed E-state index contributed by atoms with van der Waals surface area (Å²) in [5.41, 5.74) is 1.02. The van der Waals surface area contributed by atoms with Crippen LogP contribution in [0.1, 0.15) is 30.2 Å². The van der Waals surface area contributed by atoms with Crippen LogP contribution in [0.25, 0.3) is 0 Å². The minimum absolute atomic E-state index is 0.0951. The maximum Gasteiger partial charge on any atom is 0.303 e. The molecule has 1 heterocycles. The summed E-state index contributed by atoms with van der Waals surface area (Å²) in [6.45, 7) is 0. The van der Waals surface area contributed by atoms with Gasteiger partial charge in [0.25, 0.3) is 0 Å². The molecule has 0 spiro atoms. The van der Waals surface area contributed by atoms with E-state index in [0.717, 1.165) is 5.56 Å². The van der Waals surface area contributed by atoms with Crippen molar-refractivity contribution < 1.29 is 14.3 Å². The summed E-state index contributed by atoms with van der Waals surface area (Å²) >= 11 is 0. The molecule has 0 aliphatic carbocycles. The third-order valence-electron chi connectivity index (χ3n) is 2.60. The molecule has 0 bridgehead atoms. The van der Waals surface area contributed by atoms with E-state index >= 15 is 0 Å². The van der Waals surface area contributed by atoms with Gasteiger partial charge >= 0.3 is 5.97 Å². The molecule has 0 saturated heterocycles. The van der Waals surface area contributed by atoms with Crippen molar-refractivity contribution in [2.45, 2.75) is 18.8 Å². The first kappa shape index (κ1) is 11.4. The van der Waals surface area contributed by atoms with Gasteiger partial charge in [0, 0.05) is 6.42 Å². The van der Waals surface area contributed by atoms with Crippen LogP contribution in [-0.2, 0) is 4.79 Å². The normalized spacial score (nSPS) is 12.2. The summed E-state index contributed by atoms with van der Waals surface area (Å²) < 4.78 is 5.28. The van der Waals surface area contributed by atoms with Crippen molar-refractivity contribution in [3.63, 3.8) is 0 Å². The number of carboxylic acid groups (broad SMARTS) is 1. The first-order valence-electron chi connectivity index (χ1n) is 5.43. The zero-order valence-electron chi connectivity index (χ0n) is 9.24. The van der Waals surface area contributed by atoms with Gasteiger partial charge in [-0.25, -0.2) is 4.98 Å². The molecule has 0 saturated carbocycles. The Hall–Kier alpha value is -2.10. The summed E-state index contributed by atoms with van der Waals surface area (Å²) in [5, 5.41) is 8.76. The third-order valence-corrected chi connectivity index (χ3v) is 2.60. The van der Waals surface area contributed by atoms with Crippen LogP contribution in [0, 0.1) is 0 Å². The number of carboxylic acids is 1. The predicted octanol–water partition coefficient (Wildman–Crippen LogP) is 2.67. The molecule has 1 N–H and O–H groups in total. The second kappa shape index (κ2) is 5.30. The van der Waals surface area contributed by atoms with Crippen LogP contribution < -0.4 is 0 Å². The van der Waals surface area contributed by atoms with Crippen LogP contribution in [0.15, 0.2) is 47.2 Å². The van der Waals surface area contributed by atoms with Gasteiger partial charge in [-0.05, 0) is 12.0 Å². The fourth-order valence-corrected chi connectivity index (χ4v) is 1.79. The molecule has 0 aliphatic rings. The van der Waals surface area contributed by atoms with E-state index in [1.54, 1.807) is 6.20 Å². The van der Waals surface area contributed by atoms with Crippen molar-refractivity contribution in [3.05, 3.63) is 54.2 Å². The van der Waals surface area contributed by atoms with Gasteiger partial charge in [-0.1, -0.05) is 30.3 Å². The number of aromatic nitrogens is 1. The van der Waals surface area contributed by atoms with Gasteiger partial charge in [0.05, 0.1) is 12.1 Å². The Balaban J connectivity index is 2.22. The smallest absolute Gasteiger partial charge is 0.303 e. The molecule has 1 unspecified atom stereocenters. The van der Waals surface area contributed by atoms with E-state index in [-0.39, 0.29) is 12.3 Å². The second-order valence-corrected chi connectivity index (χ2v) is 3.77. The van der Waals surface area contributed by atoms with Gasteiger partial charge < -0.3 is 9.52 Å². The standard InChI is InChI=1S/C13H13NO3/c15-12(16)7-6-11(13-14-8-9-17-13)10-4-2-1-3-5-10/h1-5,8-9,11H,6-7H2,(H,15,16). The largest absolute Gasteiger partial charge is 0.481 e. The Kier molecular flexibility index (Phi) is 3.55. The monoisotopic (exact) mass is 231 g/mol. The molecule has 2 rings (SSSR count). The molecule has 1 aromatic heterocycles. The van der Waals surface area contributed by atoms with Crippen LogP contribution in [0.2, 0.25) is 0 Å². The topological polar surface area (TPSA) is 63.3 Å². The van der Waals surface area contributed by atoms with E-state index in [9.17, 15) is 4.79 Å². The van der Waals surface area contributed by atoms with Crippen molar-refractivity contribution in [1.29, 1.82) is 0 Å². The second-order valence-electron chi connectivity index (χ2n) is 3.77. The Morgan fingerprint density at radius 3 is 2.71 bits per heavy atom. The minimum atomic E-state index is -0.808. The molecule has 4 heteroatoms. The predicted molar refractivity (Wildman–Crippen MR) is 61.7 cm³/mol. The lowest BCUT2D eigenvalue weighted by molar-refractivity contribution is -0.137. The highest BCUT2D eigenvalue weighted by Crippen LogP contribution is 2.27. The fraction of sp³-hybridized carbons (Fsp3) is 0.231. The first-order chi connectivity index (χ1) is 8.27. The number of nitrogens with zero attached hydrogens (tertiary/aromatic N) is 1. The molecule has 4 nitrogen and oxygen atoms in total. The van der Waals surface area contributed by atoms with E-state index < -0.39 is 5.97 Å². The summed E-state index contributed by atoms with van der Waals surface area (Å²) in [6, 6.07) is 9.68. The van der Waals surface area contributed by atoms with Crippen molar-refractivity contribution in [2.24, 2.45) is 0 Å². The van der Waals surface area contributed by atoms with Gasteiger partial charge in [-0.3, -0.25) is 4.79 Å². The average molecular weight is 231 g/mol. The van der Waals surface area contributed by atoms with Crippen LogP contribution in [0.5, 0.6) is 0 Å². The van der Waals surface area contributed by atoms with Crippen molar-refractivity contribution in [2.75, 3.05) is 0 Å². The Bertz CT molecular complexity index is 465. The maximum absolute atomic E-state index is 10.7. The first-order valence-corrected chi connectivity index (χ1v) is 5.43. The van der Waals surface area contributed by atoms with Gasteiger partial charge in [0.1, 0.15) is 6.26 Å². The van der Waals surface area contributed by atoms with Gasteiger partial charge in [-0.2, -0.15) is 0 Å². The zero-order chi connectivity index (χ0) is 12.1. The number of hydrogen-bond donors (Lipinski definition) is 1. The van der Waals surface area contributed by atoms with E-state index in [2.05, 4.69) is 4.98 Å². The van der Waals surface area contributed by atoms with Crippen LogP contribution in [0.3, 0.4) is 0 Å². The van der Waals surface area contributed by atoms with Crippen molar-refractivity contribution >= 4 is 5.97 Å². The van der Waals surface area contributed by atoms with Gasteiger partial charge in [0.15, 0.2) is 0 Å². The maximum atomic E-state index is 10.7. The molecule has 0 amide bonds. The number of hydrogen-bond acceptors (Lipinski definition) is 3. The zero-order valence-corrected chi connectivity index (χ0v) is 9.24. The summed E-state index contributed by atoms with van der Waals surface area (Å²) in [6.07, 6.45) is 3.67. The van der Waals surface area contributed by atoms with Crippen LogP contribution in [0.4, 0.5) is 0 Å². The number of oxazole rings is 1. The average Bonchev–Trinajstić information content (AvgIpc) is 2.84. The summed E-state index contributed by atoms with van der Waals surface area (Å²) in [4.78, 5) is 14.8. The number of rotatable bonds is 5. The SMILES string of the molecule is O=C(O)CCC(c1ccccc1)c1ncco1. The molecular weight excluding hydrogens is 218 g/mol. The van der Waals surface area contributed by atoms with Crippen molar-refractivity contribution in [1.82, 2.24) is 4.98 Å². The Morgan fingerprint density at radius 1 is 1.35 bits per heavy atom. The molecule has 2 aromatic rings. The lowest BCUT2D eigenvalue weighted by Gasteiger charge is -2.12. The molecule has 1 aromatic carbocycles. The highest BCUT2D eigenvalue weighted by molar-refractivity contribution is 5.66. The Labute approximate surface area is 98.9 Å². The fourth-order valence-electron chi connectivity index (χ4n) is 1.79. The van der Waals surface area contributed by atoms with Crippen LogP contribution in [-0.4, -0.2) is 16.1 Å². The Morgan fingerprint density at radius 2 is 2.12 bits per heavy atom. The molecule has 0 aliphatic heterocycles. The highest BCUT2D eigenvalue weighted by Gasteiger charge is 2.19. The third kappa shape index (κ3) is 2.93. The van der Waals surface area contributed by atoms with Crippen molar-refractivity contribution in [3.8, 4) is 0 Å². The minimum Gasteiger partial charge on any atom is -0.481 e. The molecule has 88 valence electrons. The molecule has 17 heavy (non-hydrogen) atoms. The quantitative estimate of drug-likeness (QED) is 0.859. The molecule has 0 radical (unpaired) electrons. The molecule has 0 fully saturated rings. The van der Waals surface area contributed by atoms with E-state index in [0.29, 0.717) is 12.3 Å². The van der Waals surface area contributed by atoms with E-state index in [1.807, 2.05) is 30.3 Å². The van der Waals surface area contributed by atoms with E-state index in [1.165, 1.54) is 6.26 Å². The van der Waals surface area contributed by atoms with Crippen LogP contribution >= 0.6 is 0 Å². The molecular formula is C13H13NO3. The molecule has 1 atom stereocenters. The summed E-state index contributed by atoms with van der Waals surface area (Å²) in [7, 11) is 0. The number of carbonyl (C=O) groups is 1. The van der Waals surface area contributed by atoms with E-state index in [4.69, 9.17) is 9.52 Å². The van der Waals surface area contributed by atoms with Gasteiger partial charge in [0.2, 0.25) is 5.89 Å². The number of aliphatic carboxylic acids is 1. The lowest BCUT2D eigenvalue weighted by Crippen LogP contribution is -2.05. The summed E-state index contributed by atoms with van der Waals surface area (Å²) in [5.74, 6) is -0.336. The highest BCUT2D eigenvalue weighted by atomic mass is 16.4. The van der Waals surface area contributed by atoms with Gasteiger partial charge in [-0.15, -0.1) is 0 Å². The number of benzene rings is 1. The lowest BCUT2D eigenvalue weighted by atomic mass is 9.94.